The second-order valence-corrected chi connectivity index (χ2v) is 4.72. The van der Waals surface area contributed by atoms with Crippen LogP contribution in [0.25, 0.3) is 0 Å². The lowest BCUT2D eigenvalue weighted by Crippen LogP contribution is -2.45. The summed E-state index contributed by atoms with van der Waals surface area (Å²) in [5, 5.41) is 12.5. The minimum Gasteiger partial charge on any atom is -0.451 e. The maximum Gasteiger partial charge on any atom is 0.285 e. The monoisotopic (exact) mass is 211 g/mol. The molecule has 0 radical (unpaired) electrons. The molecule has 0 aliphatic carbocycles. The highest BCUT2D eigenvalue weighted by Gasteiger charge is 2.27. The molecule has 1 aliphatic rings. The minimum absolute atomic E-state index is 0.0627. The van der Waals surface area contributed by atoms with Gasteiger partial charge in [-0.3, -0.25) is 4.79 Å². The van der Waals surface area contributed by atoms with Crippen LogP contribution in [0.15, 0.2) is 0 Å². The summed E-state index contributed by atoms with van der Waals surface area (Å²) in [6, 6.07) is 0.0627. The summed E-state index contributed by atoms with van der Waals surface area (Å²) in [5.74, 6) is 0.742. The highest BCUT2D eigenvalue weighted by atomic mass is 16.2. The first kappa shape index (κ1) is 12.7. The molecule has 0 aromatic carbocycles. The highest BCUT2D eigenvalue weighted by Crippen LogP contribution is 2.23. The van der Waals surface area contributed by atoms with Crippen molar-refractivity contribution in [3.05, 3.63) is 0 Å². The predicted molar refractivity (Wildman–Crippen MR) is 63.1 cm³/mol. The predicted octanol–water partition coefficient (Wildman–Crippen LogP) is 1.34. The fourth-order valence-corrected chi connectivity index (χ4v) is 2.42. The summed E-state index contributed by atoms with van der Waals surface area (Å²) in [6.07, 6.45) is 5.25. The van der Waals surface area contributed by atoms with Crippen molar-refractivity contribution in [3.8, 4) is 0 Å². The van der Waals surface area contributed by atoms with E-state index in [0.29, 0.717) is 5.92 Å². The zero-order valence-electron chi connectivity index (χ0n) is 9.83. The van der Waals surface area contributed by atoms with Gasteiger partial charge in [-0.2, -0.15) is 0 Å². The van der Waals surface area contributed by atoms with E-state index in [-0.39, 0.29) is 18.7 Å². The summed E-state index contributed by atoms with van der Waals surface area (Å²) < 4.78 is 0. The number of hydrogen-bond donors (Lipinski definition) is 2. The van der Waals surface area contributed by atoms with Crippen molar-refractivity contribution in [2.45, 2.75) is 51.8 Å². The van der Waals surface area contributed by atoms with E-state index in [4.69, 9.17) is 0 Å². The first-order valence-electron chi connectivity index (χ1n) is 6.03. The van der Waals surface area contributed by atoms with E-state index < -0.39 is 0 Å². The summed E-state index contributed by atoms with van der Waals surface area (Å²) in [6.45, 7) is 4.25. The molecule has 0 spiro atoms. The lowest BCUT2D eigenvalue weighted by molar-refractivity contribution is -0.120. The normalized spacial score (nSPS) is 26.3. The first-order chi connectivity index (χ1) is 7.11. The van der Waals surface area contributed by atoms with Gasteiger partial charge in [-0.05, 0) is 45.0 Å². The zero-order chi connectivity index (χ0) is 11.3. The molecule has 0 aromatic heterocycles. The molecule has 1 heterocycles. The molecule has 0 saturated carbocycles. The maximum atomic E-state index is 11.4. The molecule has 2 unspecified atom stereocenters. The molecule has 0 aromatic rings. The molecule has 2 N–H and O–H groups in total. The Morgan fingerprint density at radius 3 is 2.93 bits per heavy atom. The topological polar surface area (TPSA) is 49.3 Å². The molecule has 0 bridgehead atoms. The summed E-state index contributed by atoms with van der Waals surface area (Å²) in [7, 11) is 0. The van der Waals surface area contributed by atoms with E-state index in [2.05, 4.69) is 5.32 Å². The number of Topliss-reactive ketones (excluding diaryl/α,β-unsaturated/α-hetero) is 1. The largest absolute Gasteiger partial charge is 0.451 e. The van der Waals surface area contributed by atoms with E-state index in [9.17, 15) is 9.82 Å². The Bertz CT molecular complexity index is 209. The number of nitrogens with one attached hydrogen (secondary N) is 1. The third kappa shape index (κ3) is 4.35. The Morgan fingerprint density at radius 2 is 2.33 bits per heavy atom. The SMILES string of the molecule is CB(O)CCCC1CCCNC1C(C)=O. The van der Waals surface area contributed by atoms with Crippen LogP contribution < -0.4 is 5.32 Å². The summed E-state index contributed by atoms with van der Waals surface area (Å²) in [5.41, 5.74) is 0. The number of ketones is 1. The second kappa shape index (κ2) is 6.28. The lowest BCUT2D eigenvalue weighted by atomic mass is 9.66. The van der Waals surface area contributed by atoms with Crippen LogP contribution in [-0.4, -0.2) is 30.3 Å². The quantitative estimate of drug-likeness (QED) is 0.674. The molecule has 4 heteroatoms. The fraction of sp³-hybridized carbons (Fsp3) is 0.909. The average molecular weight is 211 g/mol. The Hall–Kier alpha value is -0.345. The Balaban J connectivity index is 2.33. The smallest absolute Gasteiger partial charge is 0.285 e. The molecule has 1 fully saturated rings. The molecule has 1 rings (SSSR count). The third-order valence-corrected chi connectivity index (χ3v) is 3.22. The van der Waals surface area contributed by atoms with E-state index >= 15 is 0 Å². The van der Waals surface area contributed by atoms with Gasteiger partial charge in [-0.25, -0.2) is 0 Å². The summed E-state index contributed by atoms with van der Waals surface area (Å²) >= 11 is 0. The number of hydrogen-bond acceptors (Lipinski definition) is 3. The van der Waals surface area contributed by atoms with E-state index in [1.54, 1.807) is 6.92 Å². The van der Waals surface area contributed by atoms with Crippen LogP contribution in [0.3, 0.4) is 0 Å². The Morgan fingerprint density at radius 1 is 1.60 bits per heavy atom. The summed E-state index contributed by atoms with van der Waals surface area (Å²) in [4.78, 5) is 11.4. The van der Waals surface area contributed by atoms with Crippen molar-refractivity contribution in [1.82, 2.24) is 5.32 Å². The minimum atomic E-state index is -0.211. The van der Waals surface area contributed by atoms with Crippen LogP contribution in [0.4, 0.5) is 0 Å². The zero-order valence-corrected chi connectivity index (χ0v) is 9.83. The molecular weight excluding hydrogens is 189 g/mol. The van der Waals surface area contributed by atoms with Crippen molar-refractivity contribution >= 4 is 12.7 Å². The number of carbonyl (C=O) groups excluding carboxylic acids is 1. The van der Waals surface area contributed by atoms with Gasteiger partial charge in [-0.15, -0.1) is 0 Å². The van der Waals surface area contributed by atoms with Crippen molar-refractivity contribution < 1.29 is 9.82 Å². The Labute approximate surface area is 92.7 Å². The van der Waals surface area contributed by atoms with Gasteiger partial charge < -0.3 is 10.3 Å². The second-order valence-electron chi connectivity index (χ2n) is 4.72. The van der Waals surface area contributed by atoms with Crippen LogP contribution in [0.5, 0.6) is 0 Å². The van der Waals surface area contributed by atoms with Gasteiger partial charge >= 0.3 is 0 Å². The van der Waals surface area contributed by atoms with Gasteiger partial charge in [0.2, 0.25) is 0 Å². The van der Waals surface area contributed by atoms with Crippen LogP contribution in [0.1, 0.15) is 32.6 Å². The van der Waals surface area contributed by atoms with E-state index in [0.717, 1.165) is 32.1 Å². The highest BCUT2D eigenvalue weighted by molar-refractivity contribution is 6.48. The molecule has 0 amide bonds. The van der Waals surface area contributed by atoms with Crippen molar-refractivity contribution in [3.63, 3.8) is 0 Å². The van der Waals surface area contributed by atoms with Gasteiger partial charge in [0.25, 0.3) is 6.92 Å². The molecule has 3 nitrogen and oxygen atoms in total. The first-order valence-corrected chi connectivity index (χ1v) is 6.03. The van der Waals surface area contributed by atoms with Crippen LogP contribution in [-0.2, 0) is 4.79 Å². The van der Waals surface area contributed by atoms with Gasteiger partial charge in [0.05, 0.1) is 6.04 Å². The van der Waals surface area contributed by atoms with Gasteiger partial charge in [0.15, 0.2) is 0 Å². The Kier molecular flexibility index (Phi) is 5.33. The van der Waals surface area contributed by atoms with Gasteiger partial charge in [-0.1, -0.05) is 13.2 Å². The van der Waals surface area contributed by atoms with Crippen LogP contribution in [0, 0.1) is 5.92 Å². The van der Waals surface area contributed by atoms with Gasteiger partial charge in [0.1, 0.15) is 5.78 Å². The van der Waals surface area contributed by atoms with Crippen molar-refractivity contribution in [1.29, 1.82) is 0 Å². The average Bonchev–Trinajstić information content (AvgIpc) is 2.17. The maximum absolute atomic E-state index is 11.4. The molecule has 1 saturated heterocycles. The van der Waals surface area contributed by atoms with E-state index in [1.165, 1.54) is 6.42 Å². The lowest BCUT2D eigenvalue weighted by Gasteiger charge is -2.31. The standard InChI is InChI=1S/C11H22BNO2/c1-9(14)11-10(6-4-8-13-11)5-3-7-12(2)15/h10-11,13,15H,3-8H2,1-2H3. The fourth-order valence-electron chi connectivity index (χ4n) is 2.42. The van der Waals surface area contributed by atoms with E-state index in [1.807, 2.05) is 6.82 Å². The van der Waals surface area contributed by atoms with Crippen molar-refractivity contribution in [2.75, 3.05) is 6.54 Å². The molecule has 86 valence electrons. The number of carbonyl (C=O) groups is 1. The molecule has 2 atom stereocenters. The van der Waals surface area contributed by atoms with Crippen LogP contribution >= 0.6 is 0 Å². The van der Waals surface area contributed by atoms with Crippen LogP contribution in [0.2, 0.25) is 13.1 Å². The van der Waals surface area contributed by atoms with Gasteiger partial charge in [0, 0.05) is 0 Å². The molecule has 1 aliphatic heterocycles. The molecule has 15 heavy (non-hydrogen) atoms. The number of piperidine rings is 1. The number of rotatable bonds is 5. The van der Waals surface area contributed by atoms with Crippen molar-refractivity contribution in [2.24, 2.45) is 5.92 Å². The third-order valence-electron chi connectivity index (χ3n) is 3.22. The molecular formula is C11H22BNO2.